The summed E-state index contributed by atoms with van der Waals surface area (Å²) in [5.41, 5.74) is 6.35. The van der Waals surface area contributed by atoms with Gasteiger partial charge in [0, 0.05) is 13.0 Å². The van der Waals surface area contributed by atoms with Gasteiger partial charge in [0.15, 0.2) is 0 Å². The van der Waals surface area contributed by atoms with Gasteiger partial charge in [0.1, 0.15) is 13.8 Å². The lowest BCUT2D eigenvalue weighted by molar-refractivity contribution is 0.121. The monoisotopic (exact) mass is 550 g/mol. The summed E-state index contributed by atoms with van der Waals surface area (Å²) in [7, 11) is -1.21. The third-order valence-corrected chi connectivity index (χ3v) is 21.4. The van der Waals surface area contributed by atoms with Crippen molar-refractivity contribution in [3.05, 3.63) is 29.8 Å². The number of hydrogen-bond acceptors (Lipinski definition) is 4. The summed E-state index contributed by atoms with van der Waals surface area (Å²) in [6.45, 7) is 18.7. The Kier molecular flexibility index (Phi) is 12.9. The summed E-state index contributed by atoms with van der Waals surface area (Å²) in [6, 6.07) is 9.61. The highest BCUT2D eigenvalue weighted by atomic mass is 32.2. The van der Waals surface area contributed by atoms with Crippen LogP contribution in [0.25, 0.3) is 0 Å². The van der Waals surface area contributed by atoms with Gasteiger partial charge in [-0.15, -0.1) is 35.0 Å². The Morgan fingerprint density at radius 3 is 2.14 bits per heavy atom. The topological polar surface area (TPSA) is 18.5 Å². The number of benzene rings is 1. The fourth-order valence-electron chi connectivity index (χ4n) is 5.65. The minimum Gasteiger partial charge on any atom is -0.497 e. The van der Waals surface area contributed by atoms with E-state index in [4.69, 9.17) is 9.47 Å². The summed E-state index contributed by atoms with van der Waals surface area (Å²) >= 11 is 4.67. The van der Waals surface area contributed by atoms with Gasteiger partial charge >= 0.3 is 0 Å². The Bertz CT molecular complexity index is 793. The molecule has 1 aromatic carbocycles. The molecule has 0 amide bonds. The Labute approximate surface area is 227 Å². The van der Waals surface area contributed by atoms with Crippen molar-refractivity contribution in [1.29, 1.82) is 0 Å². The first-order valence-corrected chi connectivity index (χ1v) is 21.4. The Morgan fingerprint density at radius 1 is 0.971 bits per heavy atom. The molecule has 1 saturated heterocycles. The number of unbranched alkanes of at least 4 members (excludes halogenated alkanes) is 1. The first-order valence-electron chi connectivity index (χ1n) is 13.5. The third-order valence-electron chi connectivity index (χ3n) is 7.31. The van der Waals surface area contributed by atoms with Crippen LogP contribution in [-0.2, 0) is 11.3 Å². The van der Waals surface area contributed by atoms with Crippen molar-refractivity contribution in [2.75, 3.05) is 25.2 Å². The zero-order valence-electron chi connectivity index (χ0n) is 23.7. The van der Waals surface area contributed by atoms with Gasteiger partial charge in [0.2, 0.25) is 0 Å². The van der Waals surface area contributed by atoms with E-state index in [1.54, 1.807) is 7.11 Å². The maximum absolute atomic E-state index is 6.17. The second-order valence-electron chi connectivity index (χ2n) is 11.6. The number of rotatable bonds is 13. The summed E-state index contributed by atoms with van der Waals surface area (Å²) in [4.78, 5) is 0. The average Bonchev–Trinajstić information content (AvgIpc) is 2.81. The molecular formula is C29H50O2S2Si2. The van der Waals surface area contributed by atoms with Crippen LogP contribution >= 0.6 is 23.5 Å². The predicted octanol–water partition coefficient (Wildman–Crippen LogP) is 9.03. The maximum Gasteiger partial charge on any atom is 0.129 e. The van der Waals surface area contributed by atoms with E-state index in [0.29, 0.717) is 10.3 Å². The van der Waals surface area contributed by atoms with Crippen molar-refractivity contribution in [1.82, 2.24) is 0 Å². The van der Waals surface area contributed by atoms with E-state index in [1.165, 1.54) is 48.8 Å². The first kappa shape index (κ1) is 30.9. The van der Waals surface area contributed by atoms with E-state index >= 15 is 0 Å². The smallest absolute Gasteiger partial charge is 0.129 e. The molecule has 2 rings (SSSR count). The normalized spacial score (nSPS) is 16.3. The Balaban J connectivity index is 2.08. The SMILES string of the molecule is COc1ccc(COCCC[Si](C(C)C)(C(C)C)C2(CCCC#C[Si](C)(C)C)SCCCS2)cc1. The van der Waals surface area contributed by atoms with Crippen molar-refractivity contribution in [2.24, 2.45) is 0 Å². The fourth-order valence-corrected chi connectivity index (χ4v) is 21.3. The highest BCUT2D eigenvalue weighted by Crippen LogP contribution is 2.60. The molecule has 0 atom stereocenters. The fraction of sp³-hybridized carbons (Fsp3) is 0.724. The summed E-state index contributed by atoms with van der Waals surface area (Å²) in [6.07, 6.45) is 6.19. The second kappa shape index (κ2) is 14.6. The molecule has 0 unspecified atom stereocenters. The van der Waals surface area contributed by atoms with Crippen LogP contribution in [0.5, 0.6) is 5.75 Å². The van der Waals surface area contributed by atoms with E-state index in [-0.39, 0.29) is 0 Å². The van der Waals surface area contributed by atoms with Gasteiger partial charge in [-0.2, -0.15) is 0 Å². The van der Waals surface area contributed by atoms with E-state index in [2.05, 4.69) is 94.5 Å². The van der Waals surface area contributed by atoms with E-state index in [9.17, 15) is 0 Å². The molecule has 0 saturated carbocycles. The van der Waals surface area contributed by atoms with Crippen molar-refractivity contribution in [3.8, 4) is 17.2 Å². The third kappa shape index (κ3) is 8.88. The van der Waals surface area contributed by atoms with Crippen molar-refractivity contribution in [2.45, 2.75) is 107 Å². The number of thioether (sulfide) groups is 2. The molecule has 1 heterocycles. The molecule has 1 aliphatic heterocycles. The zero-order chi connectivity index (χ0) is 26.0. The lowest BCUT2D eigenvalue weighted by Crippen LogP contribution is -2.60. The van der Waals surface area contributed by atoms with Gasteiger partial charge < -0.3 is 9.47 Å². The molecule has 0 N–H and O–H groups in total. The van der Waals surface area contributed by atoms with Crippen LogP contribution in [0.2, 0.25) is 36.8 Å². The Morgan fingerprint density at radius 2 is 1.60 bits per heavy atom. The van der Waals surface area contributed by atoms with Crippen LogP contribution in [0.4, 0.5) is 0 Å². The van der Waals surface area contributed by atoms with Crippen molar-refractivity contribution >= 4 is 39.7 Å². The predicted molar refractivity (Wildman–Crippen MR) is 165 cm³/mol. The van der Waals surface area contributed by atoms with Crippen LogP contribution < -0.4 is 4.74 Å². The second-order valence-corrected chi connectivity index (χ2v) is 25.8. The zero-order valence-corrected chi connectivity index (χ0v) is 27.3. The lowest BCUT2D eigenvalue weighted by Gasteiger charge is -2.55. The first-order chi connectivity index (χ1) is 16.6. The van der Waals surface area contributed by atoms with Crippen LogP contribution in [0.3, 0.4) is 0 Å². The molecule has 1 aromatic rings. The molecule has 6 heteroatoms. The van der Waals surface area contributed by atoms with E-state index in [0.717, 1.165) is 29.9 Å². The van der Waals surface area contributed by atoms with Crippen LogP contribution in [0, 0.1) is 11.5 Å². The summed E-state index contributed by atoms with van der Waals surface area (Å²) in [5, 5.41) is 0. The van der Waals surface area contributed by atoms with Gasteiger partial charge in [0.25, 0.3) is 0 Å². The minimum absolute atomic E-state index is 0.421. The highest BCUT2D eigenvalue weighted by molar-refractivity contribution is 8.21. The van der Waals surface area contributed by atoms with Crippen molar-refractivity contribution in [3.63, 3.8) is 0 Å². The summed E-state index contributed by atoms with van der Waals surface area (Å²) in [5.74, 6) is 7.11. The molecule has 0 aliphatic carbocycles. The van der Waals surface area contributed by atoms with Gasteiger partial charge in [-0.25, -0.2) is 0 Å². The van der Waals surface area contributed by atoms with Crippen LogP contribution in [0.1, 0.15) is 65.4 Å². The molecule has 0 spiro atoms. The van der Waals surface area contributed by atoms with Gasteiger partial charge in [-0.3, -0.25) is 0 Å². The van der Waals surface area contributed by atoms with Gasteiger partial charge in [0.05, 0.1) is 25.5 Å². The quantitative estimate of drug-likeness (QED) is 0.138. The molecule has 1 aliphatic rings. The standard InChI is InChI=1S/C29H50O2S2Si2/c1-25(2)35(26(3)4,23-12-19-31-24-27-14-16-28(30-5)17-15-27)29(32-20-13-21-33-29)18-10-9-11-22-34(6,7)8/h14-17,25-26H,9-10,12-13,18-21,23-24H2,1-8H3. The highest BCUT2D eigenvalue weighted by Gasteiger charge is 2.57. The molecule has 0 aromatic heterocycles. The van der Waals surface area contributed by atoms with Gasteiger partial charge in [-0.1, -0.05) is 65.5 Å². The number of ether oxygens (including phenoxy) is 2. The minimum atomic E-state index is -1.65. The Hall–Kier alpha value is -0.326. The summed E-state index contributed by atoms with van der Waals surface area (Å²) < 4.78 is 11.9. The van der Waals surface area contributed by atoms with E-state index in [1.807, 2.05) is 12.1 Å². The molecule has 0 bridgehead atoms. The largest absolute Gasteiger partial charge is 0.497 e. The van der Waals surface area contributed by atoms with Crippen LogP contribution in [0.15, 0.2) is 24.3 Å². The molecule has 0 radical (unpaired) electrons. The number of hydrogen-bond donors (Lipinski definition) is 0. The molecular weight excluding hydrogens is 501 g/mol. The van der Waals surface area contributed by atoms with Crippen molar-refractivity contribution < 1.29 is 9.47 Å². The van der Waals surface area contributed by atoms with Crippen LogP contribution in [-0.4, -0.2) is 45.1 Å². The average molecular weight is 551 g/mol. The molecule has 35 heavy (non-hydrogen) atoms. The molecule has 2 nitrogen and oxygen atoms in total. The lowest BCUT2D eigenvalue weighted by atomic mass is 10.2. The number of methoxy groups -OCH3 is 1. The maximum atomic E-state index is 6.17. The van der Waals surface area contributed by atoms with E-state index < -0.39 is 16.1 Å². The molecule has 198 valence electrons. The molecule has 1 fully saturated rings. The van der Waals surface area contributed by atoms with Gasteiger partial charge in [-0.05, 0) is 66.0 Å².